The summed E-state index contributed by atoms with van der Waals surface area (Å²) in [7, 11) is 0. The Morgan fingerprint density at radius 2 is 2.04 bits per heavy atom. The van der Waals surface area contributed by atoms with Crippen LogP contribution in [0, 0.1) is 5.92 Å². The SMILES string of the molecule is CC(OCC1CCCO1)C(=O)OCC(=O)N1CCCC(C(F)(F)F)C1. The summed E-state index contributed by atoms with van der Waals surface area (Å²) >= 11 is 0. The molecule has 0 radical (unpaired) electrons. The Morgan fingerprint density at radius 3 is 2.68 bits per heavy atom. The van der Waals surface area contributed by atoms with Gasteiger partial charge in [0.1, 0.15) is 0 Å². The number of hydrogen-bond donors (Lipinski definition) is 0. The predicted molar refractivity (Wildman–Crippen MR) is 80.7 cm³/mol. The predicted octanol–water partition coefficient (Wildman–Crippen LogP) is 1.91. The van der Waals surface area contributed by atoms with E-state index in [1.807, 2.05) is 0 Å². The maximum Gasteiger partial charge on any atom is 0.393 e. The van der Waals surface area contributed by atoms with Crippen LogP contribution in [-0.2, 0) is 23.8 Å². The molecular weight excluding hydrogens is 343 g/mol. The van der Waals surface area contributed by atoms with Crippen LogP contribution in [0.25, 0.3) is 0 Å². The van der Waals surface area contributed by atoms with Crippen molar-refractivity contribution in [1.82, 2.24) is 4.90 Å². The maximum absolute atomic E-state index is 12.8. The number of likely N-dealkylation sites (tertiary alicyclic amines) is 1. The van der Waals surface area contributed by atoms with Gasteiger partial charge in [0.25, 0.3) is 5.91 Å². The van der Waals surface area contributed by atoms with E-state index < -0.39 is 36.7 Å². The first kappa shape index (κ1) is 20.0. The van der Waals surface area contributed by atoms with Gasteiger partial charge in [-0.1, -0.05) is 0 Å². The summed E-state index contributed by atoms with van der Waals surface area (Å²) < 4.78 is 53.9. The number of rotatable bonds is 6. The number of esters is 1. The van der Waals surface area contributed by atoms with Gasteiger partial charge in [-0.3, -0.25) is 4.79 Å². The second-order valence-electron chi connectivity index (χ2n) is 6.44. The molecule has 0 aromatic carbocycles. The van der Waals surface area contributed by atoms with Crippen molar-refractivity contribution in [3.05, 3.63) is 0 Å². The third kappa shape index (κ3) is 6.14. The molecule has 9 heteroatoms. The molecule has 2 rings (SSSR count). The van der Waals surface area contributed by atoms with E-state index in [2.05, 4.69) is 0 Å². The Labute approximate surface area is 144 Å². The summed E-state index contributed by atoms with van der Waals surface area (Å²) in [5, 5.41) is 0. The minimum Gasteiger partial charge on any atom is -0.454 e. The smallest absolute Gasteiger partial charge is 0.393 e. The van der Waals surface area contributed by atoms with Crippen LogP contribution in [0.2, 0.25) is 0 Å². The zero-order valence-corrected chi connectivity index (χ0v) is 14.2. The van der Waals surface area contributed by atoms with Crippen molar-refractivity contribution in [3.63, 3.8) is 0 Å². The van der Waals surface area contributed by atoms with E-state index in [1.165, 1.54) is 6.92 Å². The third-order valence-electron chi connectivity index (χ3n) is 4.46. The van der Waals surface area contributed by atoms with E-state index in [4.69, 9.17) is 14.2 Å². The number of amides is 1. The highest BCUT2D eigenvalue weighted by molar-refractivity contribution is 5.82. The average molecular weight is 367 g/mol. The molecule has 3 unspecified atom stereocenters. The normalized spacial score (nSPS) is 25.7. The van der Waals surface area contributed by atoms with Gasteiger partial charge >= 0.3 is 12.1 Å². The quantitative estimate of drug-likeness (QED) is 0.671. The number of carbonyl (C=O) groups is 2. The molecule has 2 fully saturated rings. The van der Waals surface area contributed by atoms with Gasteiger partial charge in [0.05, 0.1) is 18.6 Å². The van der Waals surface area contributed by atoms with Crippen LogP contribution < -0.4 is 0 Å². The highest BCUT2D eigenvalue weighted by Crippen LogP contribution is 2.33. The van der Waals surface area contributed by atoms with Crippen molar-refractivity contribution in [3.8, 4) is 0 Å². The average Bonchev–Trinajstić information content (AvgIpc) is 3.10. The lowest BCUT2D eigenvalue weighted by Crippen LogP contribution is -2.46. The second kappa shape index (κ2) is 8.84. The van der Waals surface area contributed by atoms with E-state index in [0.29, 0.717) is 6.61 Å². The van der Waals surface area contributed by atoms with Crippen LogP contribution in [0.1, 0.15) is 32.6 Å². The lowest BCUT2D eigenvalue weighted by Gasteiger charge is -2.33. The number of hydrogen-bond acceptors (Lipinski definition) is 5. The molecule has 0 aliphatic carbocycles. The monoisotopic (exact) mass is 367 g/mol. The van der Waals surface area contributed by atoms with Gasteiger partial charge in [-0.25, -0.2) is 4.79 Å². The van der Waals surface area contributed by atoms with Crippen LogP contribution in [0.4, 0.5) is 13.2 Å². The topological polar surface area (TPSA) is 65.1 Å². The summed E-state index contributed by atoms with van der Waals surface area (Å²) in [5.74, 6) is -2.85. The first-order valence-corrected chi connectivity index (χ1v) is 8.51. The summed E-state index contributed by atoms with van der Waals surface area (Å²) in [5.41, 5.74) is 0. The summed E-state index contributed by atoms with van der Waals surface area (Å²) in [6.45, 7) is 1.73. The van der Waals surface area contributed by atoms with E-state index >= 15 is 0 Å². The van der Waals surface area contributed by atoms with Crippen molar-refractivity contribution >= 4 is 11.9 Å². The molecule has 0 aromatic rings. The van der Waals surface area contributed by atoms with Crippen LogP contribution in [0.15, 0.2) is 0 Å². The Kier molecular flexibility index (Phi) is 7.06. The number of alkyl halides is 3. The molecule has 0 aromatic heterocycles. The van der Waals surface area contributed by atoms with Crippen molar-refractivity contribution in [2.45, 2.75) is 51.0 Å². The van der Waals surface area contributed by atoms with Crippen LogP contribution in [-0.4, -0.2) is 68.1 Å². The molecule has 0 bridgehead atoms. The summed E-state index contributed by atoms with van der Waals surface area (Å²) in [6, 6.07) is 0. The third-order valence-corrected chi connectivity index (χ3v) is 4.46. The second-order valence-corrected chi connectivity index (χ2v) is 6.44. The van der Waals surface area contributed by atoms with Gasteiger partial charge in [0, 0.05) is 19.7 Å². The van der Waals surface area contributed by atoms with E-state index in [1.54, 1.807) is 0 Å². The zero-order valence-electron chi connectivity index (χ0n) is 14.2. The van der Waals surface area contributed by atoms with Crippen molar-refractivity contribution in [2.24, 2.45) is 5.92 Å². The Hall–Kier alpha value is -1.35. The molecule has 0 N–H and O–H groups in total. The van der Waals surface area contributed by atoms with E-state index in [9.17, 15) is 22.8 Å². The molecule has 2 heterocycles. The van der Waals surface area contributed by atoms with Crippen molar-refractivity contribution in [1.29, 1.82) is 0 Å². The molecule has 0 spiro atoms. The number of piperidine rings is 1. The molecular formula is C16H24F3NO5. The summed E-state index contributed by atoms with van der Waals surface area (Å²) in [4.78, 5) is 24.9. The van der Waals surface area contributed by atoms with E-state index in [-0.39, 0.29) is 38.6 Å². The van der Waals surface area contributed by atoms with Crippen LogP contribution >= 0.6 is 0 Å². The van der Waals surface area contributed by atoms with Gasteiger partial charge in [0.15, 0.2) is 12.7 Å². The van der Waals surface area contributed by atoms with Crippen LogP contribution in [0.5, 0.6) is 0 Å². The molecule has 2 aliphatic heterocycles. The van der Waals surface area contributed by atoms with Gasteiger partial charge in [0.2, 0.25) is 0 Å². The number of halogens is 3. The van der Waals surface area contributed by atoms with Gasteiger partial charge in [-0.15, -0.1) is 0 Å². The van der Waals surface area contributed by atoms with Gasteiger partial charge in [-0.2, -0.15) is 13.2 Å². The maximum atomic E-state index is 12.8. The van der Waals surface area contributed by atoms with Crippen molar-refractivity contribution < 1.29 is 37.0 Å². The lowest BCUT2D eigenvalue weighted by molar-refractivity contribution is -0.189. The Morgan fingerprint density at radius 1 is 1.28 bits per heavy atom. The molecule has 2 aliphatic rings. The molecule has 0 saturated carbocycles. The largest absolute Gasteiger partial charge is 0.454 e. The fraction of sp³-hybridized carbons (Fsp3) is 0.875. The molecule has 1 amide bonds. The number of carbonyl (C=O) groups excluding carboxylic acids is 2. The van der Waals surface area contributed by atoms with E-state index in [0.717, 1.165) is 17.7 Å². The fourth-order valence-electron chi connectivity index (χ4n) is 2.91. The number of nitrogens with zero attached hydrogens (tertiary/aromatic N) is 1. The highest BCUT2D eigenvalue weighted by Gasteiger charge is 2.42. The molecule has 25 heavy (non-hydrogen) atoms. The van der Waals surface area contributed by atoms with Gasteiger partial charge < -0.3 is 19.1 Å². The highest BCUT2D eigenvalue weighted by atomic mass is 19.4. The number of ether oxygens (including phenoxy) is 3. The Bertz CT molecular complexity index is 465. The van der Waals surface area contributed by atoms with Crippen molar-refractivity contribution in [2.75, 3.05) is 32.9 Å². The first-order valence-electron chi connectivity index (χ1n) is 8.51. The lowest BCUT2D eigenvalue weighted by atomic mass is 9.97. The molecule has 6 nitrogen and oxygen atoms in total. The zero-order chi connectivity index (χ0) is 18.4. The minimum atomic E-state index is -4.32. The first-order chi connectivity index (χ1) is 11.8. The molecule has 3 atom stereocenters. The van der Waals surface area contributed by atoms with Gasteiger partial charge in [-0.05, 0) is 32.6 Å². The Balaban J connectivity index is 1.70. The minimum absolute atomic E-state index is 0.0151. The van der Waals surface area contributed by atoms with Crippen LogP contribution in [0.3, 0.4) is 0 Å². The fourth-order valence-corrected chi connectivity index (χ4v) is 2.91. The molecule has 2 saturated heterocycles. The summed E-state index contributed by atoms with van der Waals surface area (Å²) in [6.07, 6.45) is -3.09. The molecule has 144 valence electrons. The standard InChI is InChI=1S/C16H24F3NO5/c1-11(24-9-13-5-3-7-23-13)15(22)25-10-14(21)20-6-2-4-12(8-20)16(17,18)19/h11-13H,2-10H2,1H3.